The normalized spacial score (nSPS) is 10.2. The number of hydrogen-bond acceptors (Lipinski definition) is 4. The summed E-state index contributed by atoms with van der Waals surface area (Å²) in [6.45, 7) is 5.48. The summed E-state index contributed by atoms with van der Waals surface area (Å²) in [6, 6.07) is 9.99. The molecule has 2 rings (SSSR count). The Morgan fingerprint density at radius 1 is 1.14 bits per heavy atom. The second kappa shape index (κ2) is 7.38. The van der Waals surface area contributed by atoms with Crippen LogP contribution in [0.2, 0.25) is 0 Å². The van der Waals surface area contributed by atoms with E-state index in [4.69, 9.17) is 0 Å². The lowest BCUT2D eigenvalue weighted by Crippen LogP contribution is -2.25. The van der Waals surface area contributed by atoms with E-state index in [1.54, 1.807) is 6.20 Å². The van der Waals surface area contributed by atoms with E-state index in [1.165, 1.54) is 6.20 Å². The molecule has 1 amide bonds. The molecule has 21 heavy (non-hydrogen) atoms. The highest BCUT2D eigenvalue weighted by molar-refractivity contribution is 5.92. The maximum atomic E-state index is 11.8. The molecule has 1 N–H and O–H groups in total. The molecule has 0 aliphatic carbocycles. The minimum atomic E-state index is -0.182. The van der Waals surface area contributed by atoms with Crippen LogP contribution in [0.5, 0.6) is 0 Å². The lowest BCUT2D eigenvalue weighted by molar-refractivity contribution is 0.0948. The standard InChI is InChI=1S/C16H20N4O/c1-3-10-17-16(21)14-11-19-15(12-18-14)20(4-2)13-8-6-5-7-9-13/h5-9,11-12H,3-4,10H2,1-2H3,(H,17,21). The van der Waals surface area contributed by atoms with Gasteiger partial charge in [-0.3, -0.25) is 4.79 Å². The van der Waals surface area contributed by atoms with Crippen molar-refractivity contribution in [2.24, 2.45) is 0 Å². The highest BCUT2D eigenvalue weighted by Gasteiger charge is 2.11. The summed E-state index contributed by atoms with van der Waals surface area (Å²) in [5, 5.41) is 2.79. The van der Waals surface area contributed by atoms with Crippen LogP contribution in [0.4, 0.5) is 11.5 Å². The van der Waals surface area contributed by atoms with Crippen molar-refractivity contribution in [2.75, 3.05) is 18.0 Å². The molecule has 0 aliphatic rings. The highest BCUT2D eigenvalue weighted by atomic mass is 16.1. The molecule has 5 heteroatoms. The number of nitrogens with zero attached hydrogens (tertiary/aromatic N) is 3. The van der Waals surface area contributed by atoms with Gasteiger partial charge in [0.15, 0.2) is 5.82 Å². The monoisotopic (exact) mass is 284 g/mol. The van der Waals surface area contributed by atoms with E-state index in [-0.39, 0.29) is 5.91 Å². The number of nitrogens with one attached hydrogen (secondary N) is 1. The fraction of sp³-hybridized carbons (Fsp3) is 0.312. The van der Waals surface area contributed by atoms with Crippen LogP contribution in [0.15, 0.2) is 42.7 Å². The molecule has 0 saturated carbocycles. The summed E-state index contributed by atoms with van der Waals surface area (Å²) in [5.74, 6) is 0.550. The lowest BCUT2D eigenvalue weighted by Gasteiger charge is -2.21. The Labute approximate surface area is 125 Å². The number of carbonyl (C=O) groups is 1. The SMILES string of the molecule is CCCNC(=O)c1cnc(N(CC)c2ccccc2)cn1. The van der Waals surface area contributed by atoms with Crippen LogP contribution in [0.3, 0.4) is 0 Å². The maximum absolute atomic E-state index is 11.8. The van der Waals surface area contributed by atoms with Crippen molar-refractivity contribution >= 4 is 17.4 Å². The van der Waals surface area contributed by atoms with E-state index < -0.39 is 0 Å². The zero-order valence-corrected chi connectivity index (χ0v) is 12.4. The van der Waals surface area contributed by atoms with Gasteiger partial charge in [0, 0.05) is 18.8 Å². The third-order valence-corrected chi connectivity index (χ3v) is 3.07. The number of rotatable bonds is 6. The Hall–Kier alpha value is -2.43. The molecule has 1 aromatic heterocycles. The number of aromatic nitrogens is 2. The number of carbonyl (C=O) groups excluding carboxylic acids is 1. The number of hydrogen-bond donors (Lipinski definition) is 1. The van der Waals surface area contributed by atoms with Crippen LogP contribution in [0, 0.1) is 0 Å². The second-order valence-electron chi connectivity index (χ2n) is 4.60. The summed E-state index contributed by atoms with van der Waals surface area (Å²) in [5.41, 5.74) is 1.40. The van der Waals surface area contributed by atoms with Gasteiger partial charge < -0.3 is 10.2 Å². The molecule has 0 fully saturated rings. The fourth-order valence-electron chi connectivity index (χ4n) is 1.99. The fourth-order valence-corrected chi connectivity index (χ4v) is 1.99. The van der Waals surface area contributed by atoms with Gasteiger partial charge in [-0.15, -0.1) is 0 Å². The largest absolute Gasteiger partial charge is 0.351 e. The van der Waals surface area contributed by atoms with Crippen molar-refractivity contribution < 1.29 is 4.79 Å². The Kier molecular flexibility index (Phi) is 5.26. The zero-order valence-electron chi connectivity index (χ0n) is 12.4. The average Bonchev–Trinajstić information content (AvgIpc) is 2.55. The molecular weight excluding hydrogens is 264 g/mol. The predicted octanol–water partition coefficient (Wildman–Crippen LogP) is 2.77. The number of amides is 1. The average molecular weight is 284 g/mol. The lowest BCUT2D eigenvalue weighted by atomic mass is 10.3. The van der Waals surface area contributed by atoms with Gasteiger partial charge in [-0.1, -0.05) is 25.1 Å². The summed E-state index contributed by atoms with van der Waals surface area (Å²) in [6.07, 6.45) is 4.05. The van der Waals surface area contributed by atoms with Crippen LogP contribution in [-0.4, -0.2) is 29.0 Å². The van der Waals surface area contributed by atoms with Gasteiger partial charge in [0.05, 0.1) is 12.4 Å². The Morgan fingerprint density at radius 3 is 2.48 bits per heavy atom. The van der Waals surface area contributed by atoms with Crippen LogP contribution in [-0.2, 0) is 0 Å². The summed E-state index contributed by atoms with van der Waals surface area (Å²) >= 11 is 0. The molecule has 0 radical (unpaired) electrons. The van der Waals surface area contributed by atoms with Gasteiger partial charge in [0.25, 0.3) is 5.91 Å². The molecule has 5 nitrogen and oxygen atoms in total. The van der Waals surface area contributed by atoms with Crippen molar-refractivity contribution in [3.05, 3.63) is 48.4 Å². The van der Waals surface area contributed by atoms with E-state index in [2.05, 4.69) is 22.2 Å². The summed E-state index contributed by atoms with van der Waals surface area (Å²) in [7, 11) is 0. The number of para-hydroxylation sites is 1. The molecule has 0 saturated heterocycles. The van der Waals surface area contributed by atoms with Crippen LogP contribution >= 0.6 is 0 Å². The van der Waals surface area contributed by atoms with E-state index in [9.17, 15) is 4.79 Å². The van der Waals surface area contributed by atoms with Crippen LogP contribution in [0.25, 0.3) is 0 Å². The smallest absolute Gasteiger partial charge is 0.271 e. The van der Waals surface area contributed by atoms with Gasteiger partial charge in [0.1, 0.15) is 5.69 Å². The molecule has 1 aromatic carbocycles. The first-order valence-electron chi connectivity index (χ1n) is 7.19. The number of benzene rings is 1. The highest BCUT2D eigenvalue weighted by Crippen LogP contribution is 2.21. The molecule has 0 spiro atoms. The molecule has 2 aromatic rings. The van der Waals surface area contributed by atoms with Crippen LogP contribution in [0.1, 0.15) is 30.8 Å². The molecule has 0 bridgehead atoms. The zero-order chi connectivity index (χ0) is 15.1. The van der Waals surface area contributed by atoms with E-state index in [0.29, 0.717) is 12.2 Å². The molecule has 0 atom stereocenters. The van der Waals surface area contributed by atoms with Crippen molar-refractivity contribution in [2.45, 2.75) is 20.3 Å². The summed E-state index contributed by atoms with van der Waals surface area (Å²) in [4.78, 5) is 22.4. The Morgan fingerprint density at radius 2 is 1.90 bits per heavy atom. The first-order chi connectivity index (χ1) is 10.3. The Bertz CT molecular complexity index is 569. The molecule has 110 valence electrons. The quantitative estimate of drug-likeness (QED) is 0.886. The van der Waals surface area contributed by atoms with Gasteiger partial charge in [0.2, 0.25) is 0 Å². The van der Waals surface area contributed by atoms with Gasteiger partial charge in [-0.05, 0) is 25.5 Å². The summed E-state index contributed by atoms with van der Waals surface area (Å²) < 4.78 is 0. The van der Waals surface area contributed by atoms with E-state index in [1.807, 2.05) is 42.2 Å². The van der Waals surface area contributed by atoms with Gasteiger partial charge in [-0.2, -0.15) is 0 Å². The van der Waals surface area contributed by atoms with E-state index in [0.717, 1.165) is 24.5 Å². The third kappa shape index (κ3) is 3.78. The van der Waals surface area contributed by atoms with Crippen molar-refractivity contribution in [1.29, 1.82) is 0 Å². The Balaban J connectivity index is 2.15. The van der Waals surface area contributed by atoms with Crippen LogP contribution < -0.4 is 10.2 Å². The predicted molar refractivity (Wildman–Crippen MR) is 83.8 cm³/mol. The molecule has 0 aliphatic heterocycles. The maximum Gasteiger partial charge on any atom is 0.271 e. The first-order valence-corrected chi connectivity index (χ1v) is 7.19. The minimum Gasteiger partial charge on any atom is -0.351 e. The van der Waals surface area contributed by atoms with Gasteiger partial charge >= 0.3 is 0 Å². The minimum absolute atomic E-state index is 0.182. The molecule has 0 unspecified atom stereocenters. The molecule has 1 heterocycles. The second-order valence-corrected chi connectivity index (χ2v) is 4.60. The van der Waals surface area contributed by atoms with Crippen molar-refractivity contribution in [1.82, 2.24) is 15.3 Å². The van der Waals surface area contributed by atoms with Crippen molar-refractivity contribution in [3.63, 3.8) is 0 Å². The third-order valence-electron chi connectivity index (χ3n) is 3.07. The van der Waals surface area contributed by atoms with Gasteiger partial charge in [-0.25, -0.2) is 9.97 Å². The first kappa shape index (κ1) is 15.0. The molecular formula is C16H20N4O. The van der Waals surface area contributed by atoms with Crippen molar-refractivity contribution in [3.8, 4) is 0 Å². The topological polar surface area (TPSA) is 58.1 Å². The number of anilines is 2. The van der Waals surface area contributed by atoms with E-state index >= 15 is 0 Å².